The molecule has 1 unspecified atom stereocenters. The number of benzene rings is 1. The lowest BCUT2D eigenvalue weighted by Crippen LogP contribution is -2.24. The van der Waals surface area contributed by atoms with E-state index in [-0.39, 0.29) is 12.3 Å². The minimum absolute atomic E-state index is 0.158. The summed E-state index contributed by atoms with van der Waals surface area (Å²) < 4.78 is 39.7. The van der Waals surface area contributed by atoms with Gasteiger partial charge in [-0.15, -0.1) is 22.7 Å². The van der Waals surface area contributed by atoms with E-state index in [1.807, 2.05) is 17.5 Å². The largest absolute Gasteiger partial charge is 0.382 e. The zero-order chi connectivity index (χ0) is 17.9. The van der Waals surface area contributed by atoms with Crippen LogP contribution < -0.4 is 4.72 Å². The first-order valence-electron chi connectivity index (χ1n) is 7.45. The highest BCUT2D eigenvalue weighted by atomic mass is 32.2. The molecule has 2 heterocycles. The van der Waals surface area contributed by atoms with Gasteiger partial charge in [0.15, 0.2) is 0 Å². The highest BCUT2D eigenvalue weighted by Gasteiger charge is 2.16. The van der Waals surface area contributed by atoms with Crippen LogP contribution in [0.4, 0.5) is 4.39 Å². The maximum atomic E-state index is 12.9. The molecule has 0 spiro atoms. The number of aliphatic hydroxyl groups is 1. The lowest BCUT2D eigenvalue weighted by molar-refractivity contribution is 0.228. The van der Waals surface area contributed by atoms with Crippen LogP contribution in [0, 0.1) is 5.82 Å². The lowest BCUT2D eigenvalue weighted by atomic mass is 10.2. The number of halogens is 1. The van der Waals surface area contributed by atoms with Crippen molar-refractivity contribution in [2.75, 3.05) is 0 Å². The molecule has 3 aromatic rings. The Morgan fingerprint density at radius 2 is 1.84 bits per heavy atom. The molecular formula is C17H16FNO3S3. The fourth-order valence-electron chi connectivity index (χ4n) is 2.26. The number of nitrogens with one attached hydrogen (secondary N) is 1. The molecule has 8 heteroatoms. The van der Waals surface area contributed by atoms with E-state index in [4.69, 9.17) is 0 Å². The number of hydrogen-bond donors (Lipinski definition) is 2. The van der Waals surface area contributed by atoms with Gasteiger partial charge in [0.05, 0.1) is 5.75 Å². The molecule has 1 aromatic carbocycles. The van der Waals surface area contributed by atoms with Crippen molar-refractivity contribution >= 4 is 32.7 Å². The van der Waals surface area contributed by atoms with E-state index in [0.717, 1.165) is 14.6 Å². The van der Waals surface area contributed by atoms with Crippen molar-refractivity contribution in [1.82, 2.24) is 4.72 Å². The first-order valence-corrected chi connectivity index (χ1v) is 10.8. The van der Waals surface area contributed by atoms with Gasteiger partial charge in [0.1, 0.15) is 11.9 Å². The van der Waals surface area contributed by atoms with Crippen molar-refractivity contribution in [2.24, 2.45) is 0 Å². The molecule has 0 radical (unpaired) electrons. The van der Waals surface area contributed by atoms with Crippen molar-refractivity contribution in [3.63, 3.8) is 0 Å². The predicted molar refractivity (Wildman–Crippen MR) is 98.6 cm³/mol. The van der Waals surface area contributed by atoms with E-state index in [1.165, 1.54) is 46.9 Å². The van der Waals surface area contributed by atoms with E-state index < -0.39 is 21.9 Å². The number of rotatable bonds is 7. The van der Waals surface area contributed by atoms with Gasteiger partial charge in [-0.25, -0.2) is 17.5 Å². The molecule has 2 aromatic heterocycles. The van der Waals surface area contributed by atoms with Crippen molar-refractivity contribution in [3.8, 4) is 0 Å². The summed E-state index contributed by atoms with van der Waals surface area (Å²) in [7, 11) is -3.53. The molecule has 2 N–H and O–H groups in total. The van der Waals surface area contributed by atoms with E-state index in [0.29, 0.717) is 5.56 Å². The number of aliphatic hydroxyl groups excluding tert-OH is 1. The van der Waals surface area contributed by atoms with Crippen LogP contribution >= 0.6 is 22.7 Å². The molecular weight excluding hydrogens is 381 g/mol. The van der Waals surface area contributed by atoms with E-state index in [1.54, 1.807) is 12.1 Å². The van der Waals surface area contributed by atoms with Crippen LogP contribution in [0.15, 0.2) is 53.9 Å². The smallest absolute Gasteiger partial charge is 0.216 e. The number of sulfonamides is 1. The molecule has 3 rings (SSSR count). The molecule has 0 bridgehead atoms. The van der Waals surface area contributed by atoms with Crippen LogP contribution in [-0.2, 0) is 22.3 Å². The maximum Gasteiger partial charge on any atom is 0.216 e. The minimum Gasteiger partial charge on any atom is -0.382 e. The molecule has 1 atom stereocenters. The fourth-order valence-corrected chi connectivity index (χ4v) is 5.22. The Balaban J connectivity index is 1.60. The first kappa shape index (κ1) is 18.2. The van der Waals surface area contributed by atoms with E-state index >= 15 is 0 Å². The van der Waals surface area contributed by atoms with Crippen LogP contribution in [-0.4, -0.2) is 13.5 Å². The maximum absolute atomic E-state index is 12.9. The highest BCUT2D eigenvalue weighted by molar-refractivity contribution is 7.88. The number of thiophene rings is 2. The lowest BCUT2D eigenvalue weighted by Gasteiger charge is -2.06. The van der Waals surface area contributed by atoms with Crippen molar-refractivity contribution < 1.29 is 17.9 Å². The van der Waals surface area contributed by atoms with Crippen LogP contribution in [0.5, 0.6) is 0 Å². The van der Waals surface area contributed by atoms with Gasteiger partial charge < -0.3 is 5.11 Å². The molecule has 132 valence electrons. The molecule has 0 aliphatic rings. The van der Waals surface area contributed by atoms with Gasteiger partial charge in [-0.2, -0.15) is 0 Å². The second-order valence-corrected chi connectivity index (χ2v) is 9.41. The third kappa shape index (κ3) is 4.96. The Labute approximate surface area is 153 Å². The van der Waals surface area contributed by atoms with Crippen molar-refractivity contribution in [1.29, 1.82) is 0 Å². The minimum atomic E-state index is -3.53. The average Bonchev–Trinajstić information content (AvgIpc) is 3.26. The summed E-state index contributed by atoms with van der Waals surface area (Å²) in [5.74, 6) is -0.604. The first-order chi connectivity index (χ1) is 11.9. The summed E-state index contributed by atoms with van der Waals surface area (Å²) in [5.41, 5.74) is 0.522. The molecule has 0 amide bonds. The topological polar surface area (TPSA) is 66.4 Å². The molecule has 0 saturated carbocycles. The van der Waals surface area contributed by atoms with E-state index in [2.05, 4.69) is 4.72 Å². The summed E-state index contributed by atoms with van der Waals surface area (Å²) in [6.45, 7) is 0.158. The average molecular weight is 398 g/mol. The quantitative estimate of drug-likeness (QED) is 0.640. The van der Waals surface area contributed by atoms with Gasteiger partial charge in [0, 0.05) is 21.2 Å². The third-order valence-corrected chi connectivity index (χ3v) is 6.86. The molecule has 25 heavy (non-hydrogen) atoms. The van der Waals surface area contributed by atoms with Gasteiger partial charge in [-0.1, -0.05) is 18.2 Å². The Kier molecular flexibility index (Phi) is 5.65. The summed E-state index contributed by atoms with van der Waals surface area (Å²) in [4.78, 5) is 2.44. The van der Waals surface area contributed by atoms with Crippen molar-refractivity contribution in [2.45, 2.75) is 18.4 Å². The Morgan fingerprint density at radius 1 is 1.08 bits per heavy atom. The standard InChI is InChI=1S/C17H16FNO3S3/c18-13-5-3-12(4-6-13)11-25(21,22)19-10-14-7-8-16(24-14)17(20)15-2-1-9-23-15/h1-9,17,19-20H,10-11H2. The summed E-state index contributed by atoms with van der Waals surface area (Å²) in [6, 6.07) is 12.7. The van der Waals surface area contributed by atoms with Crippen LogP contribution in [0.2, 0.25) is 0 Å². The monoisotopic (exact) mass is 397 g/mol. The summed E-state index contributed by atoms with van der Waals surface area (Å²) in [5, 5.41) is 12.2. The van der Waals surface area contributed by atoms with Gasteiger partial charge in [-0.3, -0.25) is 0 Å². The normalized spacial score (nSPS) is 13.0. The SMILES string of the molecule is O=S(=O)(Cc1ccc(F)cc1)NCc1ccc(C(O)c2cccs2)s1. The molecule has 0 aliphatic heterocycles. The summed E-state index contributed by atoms with van der Waals surface area (Å²) >= 11 is 2.84. The van der Waals surface area contributed by atoms with Crippen LogP contribution in [0.1, 0.15) is 26.3 Å². The highest BCUT2D eigenvalue weighted by Crippen LogP contribution is 2.30. The third-order valence-electron chi connectivity index (χ3n) is 3.50. The van der Waals surface area contributed by atoms with Gasteiger partial charge in [-0.05, 0) is 41.3 Å². The predicted octanol–water partition coefficient (Wildman–Crippen LogP) is 3.65. The van der Waals surface area contributed by atoms with Crippen LogP contribution in [0.3, 0.4) is 0 Å². The molecule has 0 saturated heterocycles. The zero-order valence-corrected chi connectivity index (χ0v) is 15.5. The Morgan fingerprint density at radius 3 is 2.52 bits per heavy atom. The second-order valence-electron chi connectivity index (χ2n) is 5.43. The molecule has 0 fully saturated rings. The van der Waals surface area contributed by atoms with Gasteiger partial charge >= 0.3 is 0 Å². The van der Waals surface area contributed by atoms with Crippen molar-refractivity contribution in [3.05, 3.63) is 79.9 Å². The van der Waals surface area contributed by atoms with E-state index in [9.17, 15) is 17.9 Å². The molecule has 4 nitrogen and oxygen atoms in total. The number of hydrogen-bond acceptors (Lipinski definition) is 5. The Hall–Kier alpha value is -1.58. The molecule has 0 aliphatic carbocycles. The zero-order valence-electron chi connectivity index (χ0n) is 13.1. The summed E-state index contributed by atoms with van der Waals surface area (Å²) in [6.07, 6.45) is -0.686. The fraction of sp³-hybridized carbons (Fsp3) is 0.176. The van der Waals surface area contributed by atoms with Crippen LogP contribution in [0.25, 0.3) is 0 Å². The van der Waals surface area contributed by atoms with Gasteiger partial charge in [0.25, 0.3) is 0 Å². The van der Waals surface area contributed by atoms with Gasteiger partial charge in [0.2, 0.25) is 10.0 Å². The Bertz CT molecular complexity index is 918. The second kappa shape index (κ2) is 7.76.